The summed E-state index contributed by atoms with van der Waals surface area (Å²) in [7, 11) is -3.66. The molecule has 132 valence electrons. The normalized spacial score (nSPS) is 12.5. The summed E-state index contributed by atoms with van der Waals surface area (Å²) in [5.74, 6) is 0.622. The molecular weight excluding hydrogens is 336 g/mol. The van der Waals surface area contributed by atoms with Crippen LogP contribution in [-0.2, 0) is 15.4 Å². The molecule has 0 saturated carbocycles. The van der Waals surface area contributed by atoms with Gasteiger partial charge in [-0.1, -0.05) is 38.5 Å². The predicted octanol–water partition coefficient (Wildman–Crippen LogP) is 4.54. The van der Waals surface area contributed by atoms with Gasteiger partial charge < -0.3 is 4.42 Å². The Morgan fingerprint density at radius 2 is 1.76 bits per heavy atom. The van der Waals surface area contributed by atoms with Crippen LogP contribution in [0.25, 0.3) is 11.1 Å². The number of nitrogens with one attached hydrogen (secondary N) is 1. The molecule has 25 heavy (non-hydrogen) atoms. The molecular formula is C19H22N2O3S. The van der Waals surface area contributed by atoms with E-state index in [9.17, 15) is 8.42 Å². The topological polar surface area (TPSA) is 72.2 Å². The van der Waals surface area contributed by atoms with Gasteiger partial charge in [-0.2, -0.15) is 0 Å². The van der Waals surface area contributed by atoms with E-state index in [-0.39, 0.29) is 10.3 Å². The van der Waals surface area contributed by atoms with Crippen molar-refractivity contribution in [3.05, 3.63) is 53.4 Å². The van der Waals surface area contributed by atoms with Crippen molar-refractivity contribution < 1.29 is 12.8 Å². The first-order valence-electron chi connectivity index (χ1n) is 8.07. The molecule has 0 unspecified atom stereocenters. The SMILES string of the molecule is Cc1ccc(S(=O)(=O)Nc2ccc3oc(C(C)(C)C)nc3c2)c(C)c1. The summed E-state index contributed by atoms with van der Waals surface area (Å²) < 4.78 is 33.7. The molecule has 2 aromatic carbocycles. The highest BCUT2D eigenvalue weighted by molar-refractivity contribution is 7.92. The van der Waals surface area contributed by atoms with Gasteiger partial charge >= 0.3 is 0 Å². The Labute approximate surface area is 148 Å². The van der Waals surface area contributed by atoms with Crippen LogP contribution in [0.3, 0.4) is 0 Å². The molecule has 0 saturated heterocycles. The lowest BCUT2D eigenvalue weighted by molar-refractivity contribution is 0.411. The molecule has 1 N–H and O–H groups in total. The maximum absolute atomic E-state index is 12.7. The minimum Gasteiger partial charge on any atom is -0.440 e. The van der Waals surface area contributed by atoms with E-state index in [2.05, 4.69) is 9.71 Å². The Morgan fingerprint density at radius 1 is 1.04 bits per heavy atom. The van der Waals surface area contributed by atoms with Crippen molar-refractivity contribution in [2.24, 2.45) is 0 Å². The summed E-state index contributed by atoms with van der Waals surface area (Å²) in [6.45, 7) is 9.77. The average Bonchev–Trinajstić information content (AvgIpc) is 2.89. The zero-order chi connectivity index (χ0) is 18.4. The maximum Gasteiger partial charge on any atom is 0.262 e. The number of rotatable bonds is 3. The lowest BCUT2D eigenvalue weighted by Gasteiger charge is -2.11. The van der Waals surface area contributed by atoms with Gasteiger partial charge in [0.1, 0.15) is 5.52 Å². The minimum absolute atomic E-state index is 0.211. The molecule has 0 fully saturated rings. The third-order valence-corrected chi connectivity index (χ3v) is 5.44. The highest BCUT2D eigenvalue weighted by Crippen LogP contribution is 2.28. The minimum atomic E-state index is -3.66. The summed E-state index contributed by atoms with van der Waals surface area (Å²) in [6.07, 6.45) is 0. The second-order valence-corrected chi connectivity index (χ2v) is 8.98. The highest BCUT2D eigenvalue weighted by atomic mass is 32.2. The van der Waals surface area contributed by atoms with E-state index in [0.29, 0.717) is 28.2 Å². The predicted molar refractivity (Wildman–Crippen MR) is 99.4 cm³/mol. The molecule has 0 amide bonds. The number of oxazole rings is 1. The number of fused-ring (bicyclic) bond motifs is 1. The Bertz CT molecular complexity index is 1040. The molecule has 5 nitrogen and oxygen atoms in total. The first-order chi connectivity index (χ1) is 11.6. The zero-order valence-electron chi connectivity index (χ0n) is 15.0. The third kappa shape index (κ3) is 3.54. The van der Waals surface area contributed by atoms with Gasteiger partial charge in [0.05, 0.1) is 10.6 Å². The number of hydrogen-bond donors (Lipinski definition) is 1. The molecule has 0 spiro atoms. The molecule has 0 aliphatic rings. The monoisotopic (exact) mass is 358 g/mol. The number of sulfonamides is 1. The molecule has 0 radical (unpaired) electrons. The van der Waals surface area contributed by atoms with E-state index in [1.54, 1.807) is 37.3 Å². The summed E-state index contributed by atoms with van der Waals surface area (Å²) in [5, 5.41) is 0. The Balaban J connectivity index is 1.96. The van der Waals surface area contributed by atoms with Gasteiger partial charge in [-0.05, 0) is 43.7 Å². The molecule has 0 aliphatic heterocycles. The molecule has 1 aromatic heterocycles. The summed E-state index contributed by atoms with van der Waals surface area (Å²) in [6, 6.07) is 10.4. The fourth-order valence-electron chi connectivity index (χ4n) is 2.62. The van der Waals surface area contributed by atoms with E-state index in [1.807, 2.05) is 33.8 Å². The van der Waals surface area contributed by atoms with Crippen LogP contribution in [-0.4, -0.2) is 13.4 Å². The number of aryl methyl sites for hydroxylation is 2. The van der Waals surface area contributed by atoms with Crippen molar-refractivity contribution in [1.29, 1.82) is 0 Å². The average molecular weight is 358 g/mol. The van der Waals surface area contributed by atoms with Gasteiger partial charge in [-0.3, -0.25) is 4.72 Å². The summed E-state index contributed by atoms with van der Waals surface area (Å²) in [5.41, 5.74) is 3.25. The first-order valence-corrected chi connectivity index (χ1v) is 9.56. The van der Waals surface area contributed by atoms with Crippen LogP contribution in [0.5, 0.6) is 0 Å². The number of anilines is 1. The molecule has 0 atom stereocenters. The van der Waals surface area contributed by atoms with Crippen molar-refractivity contribution in [1.82, 2.24) is 4.98 Å². The molecule has 6 heteroatoms. The first kappa shape index (κ1) is 17.5. The standard InChI is InChI=1S/C19H22N2O3S/c1-12-6-9-17(13(2)10-12)25(22,23)21-14-7-8-16-15(11-14)20-18(24-16)19(3,4)5/h6-11,21H,1-5H3. The second-order valence-electron chi connectivity index (χ2n) is 7.33. The quantitative estimate of drug-likeness (QED) is 0.746. The van der Waals surface area contributed by atoms with E-state index in [0.717, 1.165) is 5.56 Å². The van der Waals surface area contributed by atoms with Gasteiger partial charge in [0, 0.05) is 5.41 Å². The lowest BCUT2D eigenvalue weighted by Crippen LogP contribution is -2.14. The van der Waals surface area contributed by atoms with Crippen LogP contribution in [0, 0.1) is 13.8 Å². The number of nitrogens with zero attached hydrogens (tertiary/aromatic N) is 1. The Hall–Kier alpha value is -2.34. The van der Waals surface area contributed by atoms with Crippen LogP contribution in [0.4, 0.5) is 5.69 Å². The number of hydrogen-bond acceptors (Lipinski definition) is 4. The zero-order valence-corrected chi connectivity index (χ0v) is 15.9. The fourth-order valence-corrected chi connectivity index (χ4v) is 3.90. The second kappa shape index (κ2) is 5.88. The van der Waals surface area contributed by atoms with Gasteiger partial charge in [0.15, 0.2) is 5.58 Å². The molecule has 1 heterocycles. The van der Waals surface area contributed by atoms with E-state index < -0.39 is 10.0 Å². The molecule has 3 aromatic rings. The summed E-state index contributed by atoms with van der Waals surface area (Å²) >= 11 is 0. The van der Waals surface area contributed by atoms with Crippen molar-refractivity contribution in [2.75, 3.05) is 4.72 Å². The van der Waals surface area contributed by atoms with Crippen LogP contribution < -0.4 is 4.72 Å². The highest BCUT2D eigenvalue weighted by Gasteiger charge is 2.22. The summed E-state index contributed by atoms with van der Waals surface area (Å²) in [4.78, 5) is 4.75. The van der Waals surface area contributed by atoms with Gasteiger partial charge in [-0.25, -0.2) is 13.4 Å². The molecule has 3 rings (SSSR count). The van der Waals surface area contributed by atoms with Gasteiger partial charge in [0.25, 0.3) is 10.0 Å². The van der Waals surface area contributed by atoms with Crippen molar-refractivity contribution in [3.63, 3.8) is 0 Å². The Kier molecular flexibility index (Phi) is 4.11. The van der Waals surface area contributed by atoms with Crippen molar-refractivity contribution >= 4 is 26.8 Å². The van der Waals surface area contributed by atoms with Crippen LogP contribution in [0.2, 0.25) is 0 Å². The molecule has 0 aliphatic carbocycles. The maximum atomic E-state index is 12.7. The van der Waals surface area contributed by atoms with Gasteiger partial charge in [-0.15, -0.1) is 0 Å². The number of benzene rings is 2. The van der Waals surface area contributed by atoms with E-state index in [4.69, 9.17) is 4.42 Å². The smallest absolute Gasteiger partial charge is 0.262 e. The third-order valence-electron chi connectivity index (χ3n) is 3.90. The van der Waals surface area contributed by atoms with Crippen LogP contribution in [0.1, 0.15) is 37.8 Å². The van der Waals surface area contributed by atoms with Gasteiger partial charge in [0.2, 0.25) is 5.89 Å². The number of aromatic nitrogens is 1. The van der Waals surface area contributed by atoms with E-state index >= 15 is 0 Å². The Morgan fingerprint density at radius 3 is 2.40 bits per heavy atom. The largest absolute Gasteiger partial charge is 0.440 e. The van der Waals surface area contributed by atoms with Crippen LogP contribution >= 0.6 is 0 Å². The van der Waals surface area contributed by atoms with Crippen LogP contribution in [0.15, 0.2) is 45.7 Å². The van der Waals surface area contributed by atoms with Crippen molar-refractivity contribution in [2.45, 2.75) is 44.9 Å². The van der Waals surface area contributed by atoms with E-state index in [1.165, 1.54) is 0 Å². The molecule has 0 bridgehead atoms. The van der Waals surface area contributed by atoms with Crippen molar-refractivity contribution in [3.8, 4) is 0 Å². The fraction of sp³-hybridized carbons (Fsp3) is 0.316. The lowest BCUT2D eigenvalue weighted by atomic mass is 9.97.